The van der Waals surface area contributed by atoms with Crippen LogP contribution in [0.25, 0.3) is 0 Å². The molecule has 0 atom stereocenters. The minimum atomic E-state index is 0.175. The van der Waals surface area contributed by atoms with E-state index >= 15 is 0 Å². The van der Waals surface area contributed by atoms with Crippen LogP contribution in [0.2, 0.25) is 0 Å². The summed E-state index contributed by atoms with van der Waals surface area (Å²) in [5.74, 6) is 0.175. The molecule has 2 rings (SSSR count). The Morgan fingerprint density at radius 3 is 2.50 bits per heavy atom. The molecule has 0 radical (unpaired) electrons. The molecule has 2 fully saturated rings. The first kappa shape index (κ1) is 11.9. The fourth-order valence-corrected chi connectivity index (χ4v) is 2.63. The number of nitrogens with zero attached hydrogens (tertiary/aromatic N) is 2. The maximum atomic E-state index is 11.7. The van der Waals surface area contributed by atoms with Crippen molar-refractivity contribution >= 4 is 5.91 Å². The molecule has 4 heteroatoms. The molecule has 0 aromatic rings. The average molecular weight is 226 g/mol. The minimum Gasteiger partial charge on any atom is -0.370 e. The van der Waals surface area contributed by atoms with Crippen LogP contribution < -0.4 is 0 Å². The van der Waals surface area contributed by atoms with E-state index in [1.54, 1.807) is 0 Å². The van der Waals surface area contributed by atoms with Gasteiger partial charge in [-0.1, -0.05) is 0 Å². The largest absolute Gasteiger partial charge is 0.370 e. The Labute approximate surface area is 97.5 Å². The van der Waals surface area contributed by atoms with E-state index in [2.05, 4.69) is 18.7 Å². The van der Waals surface area contributed by atoms with Crippen molar-refractivity contribution in [2.45, 2.75) is 38.8 Å². The van der Waals surface area contributed by atoms with Crippen LogP contribution in [0.3, 0.4) is 0 Å². The van der Waals surface area contributed by atoms with Crippen LogP contribution in [0.4, 0.5) is 0 Å². The zero-order chi connectivity index (χ0) is 11.5. The SMILES string of the molecule is CC(C)N1CCC(N2CCOCC2=O)CC1. The Morgan fingerprint density at radius 1 is 1.25 bits per heavy atom. The summed E-state index contributed by atoms with van der Waals surface area (Å²) in [5.41, 5.74) is 0. The van der Waals surface area contributed by atoms with Crippen LogP contribution >= 0.6 is 0 Å². The van der Waals surface area contributed by atoms with Crippen molar-refractivity contribution in [3.63, 3.8) is 0 Å². The quantitative estimate of drug-likeness (QED) is 0.695. The minimum absolute atomic E-state index is 0.175. The molecular weight excluding hydrogens is 204 g/mol. The third kappa shape index (κ3) is 2.55. The first-order valence-electron chi connectivity index (χ1n) is 6.29. The number of ether oxygens (including phenoxy) is 1. The van der Waals surface area contributed by atoms with Gasteiger partial charge in [0, 0.05) is 31.7 Å². The van der Waals surface area contributed by atoms with Gasteiger partial charge < -0.3 is 14.5 Å². The van der Waals surface area contributed by atoms with Gasteiger partial charge in [0.05, 0.1) is 6.61 Å². The molecule has 2 heterocycles. The number of hydrogen-bond donors (Lipinski definition) is 0. The Kier molecular flexibility index (Phi) is 3.82. The zero-order valence-corrected chi connectivity index (χ0v) is 10.3. The van der Waals surface area contributed by atoms with Gasteiger partial charge in [0.1, 0.15) is 6.61 Å². The van der Waals surface area contributed by atoms with Crippen LogP contribution in [0.5, 0.6) is 0 Å². The zero-order valence-electron chi connectivity index (χ0n) is 10.3. The summed E-state index contributed by atoms with van der Waals surface area (Å²) in [6.45, 7) is 8.48. The molecule has 4 nitrogen and oxygen atoms in total. The summed E-state index contributed by atoms with van der Waals surface area (Å²) in [6.07, 6.45) is 2.23. The van der Waals surface area contributed by atoms with Crippen molar-refractivity contribution in [3.8, 4) is 0 Å². The van der Waals surface area contributed by atoms with E-state index in [1.807, 2.05) is 4.90 Å². The van der Waals surface area contributed by atoms with E-state index in [0.29, 0.717) is 18.7 Å². The lowest BCUT2D eigenvalue weighted by Crippen LogP contribution is -2.52. The van der Waals surface area contributed by atoms with E-state index in [0.717, 1.165) is 32.5 Å². The highest BCUT2D eigenvalue weighted by Gasteiger charge is 2.30. The molecule has 2 saturated heterocycles. The van der Waals surface area contributed by atoms with Gasteiger partial charge in [0.2, 0.25) is 5.91 Å². The van der Waals surface area contributed by atoms with Crippen molar-refractivity contribution in [1.29, 1.82) is 0 Å². The van der Waals surface area contributed by atoms with Crippen LogP contribution in [-0.2, 0) is 9.53 Å². The van der Waals surface area contributed by atoms with Crippen molar-refractivity contribution in [2.75, 3.05) is 32.8 Å². The highest BCUT2D eigenvalue weighted by molar-refractivity contribution is 5.78. The smallest absolute Gasteiger partial charge is 0.248 e. The number of carbonyl (C=O) groups is 1. The van der Waals surface area contributed by atoms with Gasteiger partial charge in [-0.3, -0.25) is 4.79 Å². The topological polar surface area (TPSA) is 32.8 Å². The fraction of sp³-hybridized carbons (Fsp3) is 0.917. The van der Waals surface area contributed by atoms with Crippen LogP contribution in [0.15, 0.2) is 0 Å². The van der Waals surface area contributed by atoms with Crippen molar-refractivity contribution in [1.82, 2.24) is 9.80 Å². The lowest BCUT2D eigenvalue weighted by Gasteiger charge is -2.41. The molecule has 1 amide bonds. The van der Waals surface area contributed by atoms with Crippen molar-refractivity contribution in [2.24, 2.45) is 0 Å². The molecule has 0 saturated carbocycles. The third-order valence-corrected chi connectivity index (χ3v) is 3.69. The molecule has 0 aromatic heterocycles. The van der Waals surface area contributed by atoms with Crippen LogP contribution in [-0.4, -0.2) is 60.6 Å². The standard InChI is InChI=1S/C12H22N2O2/c1-10(2)13-5-3-11(4-6-13)14-7-8-16-9-12(14)15/h10-11H,3-9H2,1-2H3. The number of hydrogen-bond acceptors (Lipinski definition) is 3. The Morgan fingerprint density at radius 2 is 1.94 bits per heavy atom. The predicted octanol–water partition coefficient (Wildman–Crippen LogP) is 0.718. The van der Waals surface area contributed by atoms with Crippen molar-refractivity contribution in [3.05, 3.63) is 0 Å². The molecule has 0 aliphatic carbocycles. The first-order valence-corrected chi connectivity index (χ1v) is 6.29. The number of amides is 1. The number of rotatable bonds is 2. The van der Waals surface area contributed by atoms with Crippen LogP contribution in [0, 0.1) is 0 Å². The monoisotopic (exact) mass is 226 g/mol. The average Bonchev–Trinajstić information content (AvgIpc) is 2.30. The van der Waals surface area contributed by atoms with E-state index in [-0.39, 0.29) is 12.5 Å². The van der Waals surface area contributed by atoms with Gasteiger partial charge in [-0.15, -0.1) is 0 Å². The molecule has 92 valence electrons. The summed E-state index contributed by atoms with van der Waals surface area (Å²) in [5, 5.41) is 0. The maximum Gasteiger partial charge on any atom is 0.248 e. The number of carbonyl (C=O) groups excluding carboxylic acids is 1. The van der Waals surface area contributed by atoms with Gasteiger partial charge in [0.25, 0.3) is 0 Å². The van der Waals surface area contributed by atoms with E-state index in [4.69, 9.17) is 4.74 Å². The summed E-state index contributed by atoms with van der Waals surface area (Å²) in [4.78, 5) is 16.2. The van der Waals surface area contributed by atoms with E-state index in [1.165, 1.54) is 0 Å². The van der Waals surface area contributed by atoms with E-state index in [9.17, 15) is 4.79 Å². The second-order valence-electron chi connectivity index (χ2n) is 5.00. The lowest BCUT2D eigenvalue weighted by molar-refractivity contribution is -0.146. The summed E-state index contributed by atoms with van der Waals surface area (Å²) >= 11 is 0. The molecule has 0 unspecified atom stereocenters. The molecule has 0 N–H and O–H groups in total. The molecule has 2 aliphatic rings. The third-order valence-electron chi connectivity index (χ3n) is 3.69. The Balaban J connectivity index is 1.86. The summed E-state index contributed by atoms with van der Waals surface area (Å²) in [7, 11) is 0. The Hall–Kier alpha value is -0.610. The normalized spacial score (nSPS) is 25.4. The maximum absolute atomic E-state index is 11.7. The Bertz CT molecular complexity index is 247. The highest BCUT2D eigenvalue weighted by atomic mass is 16.5. The second-order valence-corrected chi connectivity index (χ2v) is 5.00. The molecule has 2 aliphatic heterocycles. The number of morpholine rings is 1. The number of piperidine rings is 1. The van der Waals surface area contributed by atoms with Gasteiger partial charge in [-0.25, -0.2) is 0 Å². The molecule has 16 heavy (non-hydrogen) atoms. The molecule has 0 spiro atoms. The first-order chi connectivity index (χ1) is 7.68. The van der Waals surface area contributed by atoms with Crippen molar-refractivity contribution < 1.29 is 9.53 Å². The van der Waals surface area contributed by atoms with Crippen LogP contribution in [0.1, 0.15) is 26.7 Å². The molecule has 0 aromatic carbocycles. The van der Waals surface area contributed by atoms with Gasteiger partial charge in [0.15, 0.2) is 0 Å². The highest BCUT2D eigenvalue weighted by Crippen LogP contribution is 2.19. The molecular formula is C12H22N2O2. The second kappa shape index (κ2) is 5.15. The van der Waals surface area contributed by atoms with E-state index < -0.39 is 0 Å². The van der Waals surface area contributed by atoms with Gasteiger partial charge in [-0.2, -0.15) is 0 Å². The fourth-order valence-electron chi connectivity index (χ4n) is 2.63. The summed E-state index contributed by atoms with van der Waals surface area (Å²) in [6, 6.07) is 1.08. The van der Waals surface area contributed by atoms with Gasteiger partial charge in [-0.05, 0) is 26.7 Å². The number of likely N-dealkylation sites (tertiary alicyclic amines) is 1. The summed E-state index contributed by atoms with van der Waals surface area (Å²) < 4.78 is 5.16. The molecule has 0 bridgehead atoms. The predicted molar refractivity (Wildman–Crippen MR) is 62.3 cm³/mol. The van der Waals surface area contributed by atoms with Gasteiger partial charge >= 0.3 is 0 Å². The lowest BCUT2D eigenvalue weighted by atomic mass is 10.0.